The molecule has 0 atom stereocenters. The average Bonchev–Trinajstić information content (AvgIpc) is 2.29. The number of nitrogen functional groups attached to an aromatic ring is 1. The van der Waals surface area contributed by atoms with Crippen LogP contribution in [0.1, 0.15) is 6.92 Å². The number of likely N-dealkylation sites (N-methyl/N-ethyl adjacent to an activating group) is 1. The lowest BCUT2D eigenvalue weighted by Crippen LogP contribution is -2.45. The molecular weight excluding hydrogens is 220 g/mol. The van der Waals surface area contributed by atoms with Crippen LogP contribution in [0, 0.1) is 0 Å². The Balaban J connectivity index is 2.14. The maximum atomic E-state index is 5.64. The van der Waals surface area contributed by atoms with Crippen LogP contribution in [0.3, 0.4) is 0 Å². The number of anilines is 2. The Hall–Kier alpha value is -1.63. The molecule has 17 heavy (non-hydrogen) atoms. The van der Waals surface area contributed by atoms with E-state index in [1.165, 1.54) is 0 Å². The first-order chi connectivity index (χ1) is 8.19. The molecule has 0 bridgehead atoms. The van der Waals surface area contributed by atoms with E-state index in [1.54, 1.807) is 0 Å². The van der Waals surface area contributed by atoms with E-state index in [0.29, 0.717) is 18.6 Å². The Kier molecular flexibility index (Phi) is 3.58. The van der Waals surface area contributed by atoms with E-state index in [2.05, 4.69) is 31.8 Å². The van der Waals surface area contributed by atoms with Crippen molar-refractivity contribution in [2.75, 3.05) is 50.5 Å². The van der Waals surface area contributed by atoms with Gasteiger partial charge in [-0.15, -0.1) is 0 Å². The number of ether oxygens (including phenoxy) is 1. The fourth-order valence-corrected chi connectivity index (χ4v) is 1.70. The molecule has 1 saturated heterocycles. The molecular formula is C10H18N6O. The summed E-state index contributed by atoms with van der Waals surface area (Å²) in [4.78, 5) is 16.7. The first kappa shape index (κ1) is 11.8. The molecule has 1 aromatic rings. The highest BCUT2D eigenvalue weighted by Crippen LogP contribution is 2.14. The van der Waals surface area contributed by atoms with Crippen molar-refractivity contribution in [3.8, 4) is 6.01 Å². The van der Waals surface area contributed by atoms with Crippen molar-refractivity contribution in [1.82, 2.24) is 19.9 Å². The highest BCUT2D eigenvalue weighted by molar-refractivity contribution is 5.36. The van der Waals surface area contributed by atoms with Gasteiger partial charge in [0.05, 0.1) is 6.61 Å². The van der Waals surface area contributed by atoms with Crippen LogP contribution in [0.2, 0.25) is 0 Å². The quantitative estimate of drug-likeness (QED) is 0.767. The molecule has 1 fully saturated rings. The molecule has 0 aliphatic carbocycles. The molecule has 0 radical (unpaired) electrons. The van der Waals surface area contributed by atoms with Crippen molar-refractivity contribution in [3.05, 3.63) is 0 Å². The van der Waals surface area contributed by atoms with Crippen LogP contribution in [0.25, 0.3) is 0 Å². The normalized spacial score (nSPS) is 17.2. The Labute approximate surface area is 101 Å². The van der Waals surface area contributed by atoms with E-state index in [9.17, 15) is 0 Å². The minimum absolute atomic E-state index is 0.206. The molecule has 2 N–H and O–H groups in total. The molecule has 2 rings (SSSR count). The van der Waals surface area contributed by atoms with E-state index in [-0.39, 0.29) is 5.95 Å². The van der Waals surface area contributed by atoms with Gasteiger partial charge in [-0.25, -0.2) is 0 Å². The summed E-state index contributed by atoms with van der Waals surface area (Å²) < 4.78 is 5.26. The zero-order valence-corrected chi connectivity index (χ0v) is 10.3. The molecule has 0 saturated carbocycles. The lowest BCUT2D eigenvalue weighted by atomic mass is 10.3. The van der Waals surface area contributed by atoms with E-state index >= 15 is 0 Å². The molecule has 2 heterocycles. The Morgan fingerprint density at radius 3 is 2.53 bits per heavy atom. The lowest BCUT2D eigenvalue weighted by Gasteiger charge is -2.32. The highest BCUT2D eigenvalue weighted by Gasteiger charge is 2.18. The van der Waals surface area contributed by atoms with Crippen molar-refractivity contribution >= 4 is 11.9 Å². The summed E-state index contributed by atoms with van der Waals surface area (Å²) in [5.41, 5.74) is 5.64. The SMILES string of the molecule is CCOc1nc(N)nc(N2CCN(C)CC2)n1. The standard InChI is InChI=1S/C10H18N6O/c1-3-17-10-13-8(11)12-9(14-10)16-6-4-15(2)5-7-16/h3-7H2,1-2H3,(H2,11,12,13,14). The van der Waals surface area contributed by atoms with E-state index < -0.39 is 0 Å². The minimum Gasteiger partial charge on any atom is -0.464 e. The average molecular weight is 238 g/mol. The Morgan fingerprint density at radius 1 is 1.18 bits per heavy atom. The van der Waals surface area contributed by atoms with Gasteiger partial charge in [0.25, 0.3) is 0 Å². The monoisotopic (exact) mass is 238 g/mol. The van der Waals surface area contributed by atoms with Gasteiger partial charge < -0.3 is 20.3 Å². The minimum atomic E-state index is 0.206. The second kappa shape index (κ2) is 5.13. The summed E-state index contributed by atoms with van der Waals surface area (Å²) in [5, 5.41) is 0. The van der Waals surface area contributed by atoms with Crippen LogP contribution in [0.4, 0.5) is 11.9 Å². The van der Waals surface area contributed by atoms with Gasteiger partial charge in [0.1, 0.15) is 0 Å². The van der Waals surface area contributed by atoms with Gasteiger partial charge in [0.2, 0.25) is 11.9 Å². The van der Waals surface area contributed by atoms with E-state index in [0.717, 1.165) is 26.2 Å². The van der Waals surface area contributed by atoms with Crippen LogP contribution in [0.5, 0.6) is 6.01 Å². The predicted octanol–water partition coefficient (Wildman–Crippen LogP) is -0.396. The summed E-state index contributed by atoms with van der Waals surface area (Å²) in [6, 6.07) is 0.300. The predicted molar refractivity (Wildman–Crippen MR) is 65.1 cm³/mol. The van der Waals surface area contributed by atoms with E-state index in [4.69, 9.17) is 10.5 Å². The third-order valence-electron chi connectivity index (χ3n) is 2.68. The van der Waals surface area contributed by atoms with Gasteiger partial charge >= 0.3 is 6.01 Å². The number of hydrogen-bond donors (Lipinski definition) is 1. The van der Waals surface area contributed by atoms with Crippen LogP contribution in [-0.4, -0.2) is 59.7 Å². The van der Waals surface area contributed by atoms with Crippen molar-refractivity contribution in [3.63, 3.8) is 0 Å². The number of hydrogen-bond acceptors (Lipinski definition) is 7. The molecule has 7 nitrogen and oxygen atoms in total. The van der Waals surface area contributed by atoms with Crippen molar-refractivity contribution in [2.24, 2.45) is 0 Å². The van der Waals surface area contributed by atoms with Gasteiger partial charge in [0, 0.05) is 26.2 Å². The summed E-state index contributed by atoms with van der Waals surface area (Å²) in [6.07, 6.45) is 0. The van der Waals surface area contributed by atoms with Crippen molar-refractivity contribution < 1.29 is 4.74 Å². The van der Waals surface area contributed by atoms with E-state index in [1.807, 2.05) is 6.92 Å². The Bertz CT molecular complexity index is 377. The van der Waals surface area contributed by atoms with Gasteiger partial charge in [-0.3, -0.25) is 0 Å². The maximum absolute atomic E-state index is 5.64. The third-order valence-corrected chi connectivity index (χ3v) is 2.68. The molecule has 94 valence electrons. The molecule has 7 heteroatoms. The fraction of sp³-hybridized carbons (Fsp3) is 0.700. The largest absolute Gasteiger partial charge is 0.464 e. The van der Waals surface area contributed by atoms with Gasteiger partial charge in [-0.2, -0.15) is 15.0 Å². The Morgan fingerprint density at radius 2 is 1.88 bits per heavy atom. The second-order valence-electron chi connectivity index (χ2n) is 4.00. The number of nitrogens with two attached hydrogens (primary N) is 1. The lowest BCUT2D eigenvalue weighted by molar-refractivity contribution is 0.303. The number of rotatable bonds is 3. The summed E-state index contributed by atoms with van der Waals surface area (Å²) in [7, 11) is 2.10. The molecule has 0 unspecified atom stereocenters. The number of piperazine rings is 1. The zero-order valence-electron chi connectivity index (χ0n) is 10.3. The molecule has 1 aromatic heterocycles. The number of nitrogens with zero attached hydrogens (tertiary/aromatic N) is 5. The van der Waals surface area contributed by atoms with Crippen molar-refractivity contribution in [1.29, 1.82) is 0 Å². The van der Waals surface area contributed by atoms with Crippen LogP contribution in [-0.2, 0) is 0 Å². The van der Waals surface area contributed by atoms with Crippen LogP contribution >= 0.6 is 0 Å². The van der Waals surface area contributed by atoms with Gasteiger partial charge in [0.15, 0.2) is 0 Å². The van der Waals surface area contributed by atoms with Crippen LogP contribution in [0.15, 0.2) is 0 Å². The molecule has 0 aromatic carbocycles. The smallest absolute Gasteiger partial charge is 0.323 e. The molecule has 0 amide bonds. The highest BCUT2D eigenvalue weighted by atomic mass is 16.5. The van der Waals surface area contributed by atoms with Crippen molar-refractivity contribution in [2.45, 2.75) is 6.92 Å². The van der Waals surface area contributed by atoms with Gasteiger partial charge in [-0.05, 0) is 14.0 Å². The topological polar surface area (TPSA) is 80.4 Å². The first-order valence-electron chi connectivity index (χ1n) is 5.77. The maximum Gasteiger partial charge on any atom is 0.323 e. The summed E-state index contributed by atoms with van der Waals surface area (Å²) >= 11 is 0. The molecule has 1 aliphatic heterocycles. The fourth-order valence-electron chi connectivity index (χ4n) is 1.70. The second-order valence-corrected chi connectivity index (χ2v) is 4.00. The summed E-state index contributed by atoms with van der Waals surface area (Å²) in [6.45, 7) is 6.18. The zero-order chi connectivity index (χ0) is 12.3. The molecule has 0 spiro atoms. The summed E-state index contributed by atoms with van der Waals surface area (Å²) in [5.74, 6) is 0.812. The van der Waals surface area contributed by atoms with Gasteiger partial charge in [-0.1, -0.05) is 0 Å². The van der Waals surface area contributed by atoms with Crippen LogP contribution < -0.4 is 15.4 Å². The first-order valence-corrected chi connectivity index (χ1v) is 5.77. The molecule has 1 aliphatic rings. The number of aromatic nitrogens is 3. The third kappa shape index (κ3) is 2.94.